The van der Waals surface area contributed by atoms with Crippen molar-refractivity contribution in [3.8, 4) is 17.5 Å². The van der Waals surface area contributed by atoms with E-state index in [0.29, 0.717) is 5.95 Å². The third-order valence-electron chi connectivity index (χ3n) is 17.1. The maximum atomic E-state index is 5.92. The van der Waals surface area contributed by atoms with Gasteiger partial charge in [0.25, 0.3) is 0 Å². The highest BCUT2D eigenvalue weighted by Crippen LogP contribution is 2.45. The summed E-state index contributed by atoms with van der Waals surface area (Å²) < 4.78 is 7.04. The molecule has 0 aliphatic carbocycles. The number of hydrogen-bond acceptors (Lipinski definition) is 5. The SMILES string of the molecule is c1ccc(N(c2ccccc2)c2ccc3c(c2)c2ccccc2n3-c2nc(-n3c4ccccc4c4cc(N(c5ccccc5)c5ccccc5)ccc43)c3cc(-n4c5ccccc5c5ccc(N(c6ccccc6)c6ccccc6)cc54)ccc3n2)cc1. The van der Waals surface area contributed by atoms with Crippen LogP contribution < -0.4 is 14.7 Å². The van der Waals surface area contributed by atoms with Crippen molar-refractivity contribution >= 4 is 128 Å². The number of fused-ring (bicyclic) bond motifs is 10. The van der Waals surface area contributed by atoms with E-state index in [4.69, 9.17) is 9.97 Å². The lowest BCUT2D eigenvalue weighted by Crippen LogP contribution is -2.10. The lowest BCUT2D eigenvalue weighted by atomic mass is 10.1. The number of anilines is 9. The summed E-state index contributed by atoms with van der Waals surface area (Å²) in [4.78, 5) is 18.6. The van der Waals surface area contributed by atoms with Crippen LogP contribution in [0.4, 0.5) is 51.2 Å². The number of rotatable bonds is 12. The molecule has 0 atom stereocenters. The fraction of sp³-hybridized carbons (Fsp3) is 0. The summed E-state index contributed by atoms with van der Waals surface area (Å²) >= 11 is 0. The quantitative estimate of drug-likeness (QED) is 0.122. The second kappa shape index (κ2) is 21.0. The molecule has 0 saturated carbocycles. The van der Waals surface area contributed by atoms with Gasteiger partial charge in [0.05, 0.1) is 38.6 Å². The highest BCUT2D eigenvalue weighted by atomic mass is 15.2. The largest absolute Gasteiger partial charge is 0.310 e. The second-order valence-electron chi connectivity index (χ2n) is 22.2. The molecule has 0 amide bonds. The van der Waals surface area contributed by atoms with Gasteiger partial charge < -0.3 is 19.3 Å². The molecule has 0 aliphatic heterocycles. The fourth-order valence-corrected chi connectivity index (χ4v) is 13.3. The van der Waals surface area contributed by atoms with Gasteiger partial charge >= 0.3 is 0 Å². The van der Waals surface area contributed by atoms with Gasteiger partial charge in [0.2, 0.25) is 5.95 Å². The van der Waals surface area contributed by atoms with E-state index in [0.717, 1.165) is 134 Å². The minimum atomic E-state index is 0.572. The van der Waals surface area contributed by atoms with Crippen LogP contribution in [0.2, 0.25) is 0 Å². The van der Waals surface area contributed by atoms with Crippen molar-refractivity contribution in [2.75, 3.05) is 14.7 Å². The smallest absolute Gasteiger partial charge is 0.237 e. The van der Waals surface area contributed by atoms with E-state index in [1.807, 2.05) is 0 Å². The van der Waals surface area contributed by atoms with E-state index in [-0.39, 0.29) is 0 Å². The average molecular weight is 1130 g/mol. The van der Waals surface area contributed by atoms with Gasteiger partial charge in [-0.05, 0) is 158 Å². The molecule has 8 nitrogen and oxygen atoms in total. The topological polar surface area (TPSA) is 50.3 Å². The molecule has 8 heteroatoms. The lowest BCUT2D eigenvalue weighted by molar-refractivity contribution is 0.972. The molecule has 88 heavy (non-hydrogen) atoms. The number of aromatic nitrogens is 5. The fourth-order valence-electron chi connectivity index (χ4n) is 13.3. The molecule has 414 valence electrons. The molecule has 0 fully saturated rings. The maximum Gasteiger partial charge on any atom is 0.237 e. The monoisotopic (exact) mass is 1130 g/mol. The van der Waals surface area contributed by atoms with Crippen LogP contribution in [0.5, 0.6) is 0 Å². The zero-order valence-corrected chi connectivity index (χ0v) is 47.8. The van der Waals surface area contributed by atoms with Crippen molar-refractivity contribution in [2.45, 2.75) is 0 Å². The Morgan fingerprint density at radius 3 is 1.00 bits per heavy atom. The summed E-state index contributed by atoms with van der Waals surface area (Å²) in [6.45, 7) is 0. The van der Waals surface area contributed by atoms with E-state index in [1.165, 1.54) is 5.39 Å². The molecule has 4 heterocycles. The summed E-state index contributed by atoms with van der Waals surface area (Å²) in [5.41, 5.74) is 17.7. The molecule has 17 aromatic rings. The predicted molar refractivity (Wildman–Crippen MR) is 367 cm³/mol. The summed E-state index contributed by atoms with van der Waals surface area (Å²) in [7, 11) is 0. The van der Waals surface area contributed by atoms with Crippen molar-refractivity contribution in [3.05, 3.63) is 328 Å². The van der Waals surface area contributed by atoms with Crippen LogP contribution in [-0.2, 0) is 0 Å². The van der Waals surface area contributed by atoms with E-state index < -0.39 is 0 Å². The minimum Gasteiger partial charge on any atom is -0.310 e. The number of nitrogens with zero attached hydrogens (tertiary/aromatic N) is 8. The first kappa shape index (κ1) is 50.5. The second-order valence-corrected chi connectivity index (χ2v) is 22.2. The van der Waals surface area contributed by atoms with Gasteiger partial charge in [0.1, 0.15) is 0 Å². The highest BCUT2D eigenvalue weighted by Gasteiger charge is 2.25. The standard InChI is InChI=1S/C80H54N8/c1-7-25-55(26-8-1)83(56-27-9-2-10-28-56)61-45-49-76-69(51-61)66-38-20-23-41-74(66)87(76)79-71-53-63(86-73-40-22-19-37-65(73)68-47-43-64(54-78(68)86)85(59-33-15-5-16-34-59)60-35-17-6-18-36-60)44-48-72(71)81-80(82-79)88-75-42-24-21-39-67(75)70-52-62(46-50-77(70)88)84(57-29-11-3-12-30-57)58-31-13-4-14-32-58/h1-54H. The van der Waals surface area contributed by atoms with Gasteiger partial charge in [-0.25, -0.2) is 4.98 Å². The van der Waals surface area contributed by atoms with Crippen LogP contribution in [-0.4, -0.2) is 23.7 Å². The molecule has 0 unspecified atom stereocenters. The van der Waals surface area contributed by atoms with Gasteiger partial charge in [-0.2, -0.15) is 4.98 Å². The highest BCUT2D eigenvalue weighted by molar-refractivity contribution is 6.14. The van der Waals surface area contributed by atoms with Crippen LogP contribution in [0.1, 0.15) is 0 Å². The molecule has 4 aromatic heterocycles. The van der Waals surface area contributed by atoms with Crippen LogP contribution in [0.15, 0.2) is 328 Å². The predicted octanol–water partition coefficient (Wildman–Crippen LogP) is 21.3. The Morgan fingerprint density at radius 2 is 0.545 bits per heavy atom. The van der Waals surface area contributed by atoms with Gasteiger partial charge in [-0.1, -0.05) is 170 Å². The molecule has 0 spiro atoms. The Hall–Kier alpha value is -12.0. The lowest BCUT2D eigenvalue weighted by Gasteiger charge is -2.25. The van der Waals surface area contributed by atoms with Crippen molar-refractivity contribution in [1.29, 1.82) is 0 Å². The molecular weight excluding hydrogens is 1070 g/mol. The van der Waals surface area contributed by atoms with E-state index in [1.54, 1.807) is 0 Å². The molecule has 0 radical (unpaired) electrons. The Morgan fingerprint density at radius 1 is 0.205 bits per heavy atom. The molecule has 0 bridgehead atoms. The molecule has 13 aromatic carbocycles. The van der Waals surface area contributed by atoms with E-state index in [2.05, 4.69) is 356 Å². The summed E-state index contributed by atoms with van der Waals surface area (Å²) in [5.74, 6) is 1.34. The van der Waals surface area contributed by atoms with Crippen LogP contribution in [0.25, 0.3) is 93.8 Å². The van der Waals surface area contributed by atoms with E-state index in [9.17, 15) is 0 Å². The number of hydrogen-bond donors (Lipinski definition) is 0. The van der Waals surface area contributed by atoms with Gasteiger partial charge in [0.15, 0.2) is 5.82 Å². The number of para-hydroxylation sites is 9. The van der Waals surface area contributed by atoms with Crippen LogP contribution in [0.3, 0.4) is 0 Å². The molecule has 17 rings (SSSR count). The normalized spacial score (nSPS) is 11.6. The summed E-state index contributed by atoms with van der Waals surface area (Å²) in [6, 6.07) is 117. The Bertz CT molecular complexity index is 5330. The van der Waals surface area contributed by atoms with Crippen molar-refractivity contribution < 1.29 is 0 Å². The zero-order chi connectivity index (χ0) is 58.1. The van der Waals surface area contributed by atoms with Gasteiger partial charge in [0, 0.05) is 94.6 Å². The molecule has 0 saturated heterocycles. The Balaban J connectivity index is 0.921. The van der Waals surface area contributed by atoms with Crippen molar-refractivity contribution in [3.63, 3.8) is 0 Å². The molecule has 0 N–H and O–H groups in total. The third kappa shape index (κ3) is 8.37. The van der Waals surface area contributed by atoms with Gasteiger partial charge in [-0.3, -0.25) is 9.13 Å². The van der Waals surface area contributed by atoms with Crippen molar-refractivity contribution in [1.82, 2.24) is 23.7 Å². The molecule has 0 aliphatic rings. The van der Waals surface area contributed by atoms with E-state index >= 15 is 0 Å². The average Bonchev–Trinajstić information content (AvgIpc) is 1.93. The van der Waals surface area contributed by atoms with Gasteiger partial charge in [-0.15, -0.1) is 0 Å². The maximum absolute atomic E-state index is 5.92. The first-order valence-corrected chi connectivity index (χ1v) is 29.8. The Labute approximate surface area is 508 Å². The minimum absolute atomic E-state index is 0.572. The van der Waals surface area contributed by atoms with Crippen LogP contribution in [0, 0.1) is 0 Å². The number of benzene rings is 13. The summed E-state index contributed by atoms with van der Waals surface area (Å²) in [5, 5.41) is 7.67. The van der Waals surface area contributed by atoms with Crippen molar-refractivity contribution in [2.24, 2.45) is 0 Å². The first-order chi connectivity index (χ1) is 43.7. The third-order valence-corrected chi connectivity index (χ3v) is 17.1. The zero-order valence-electron chi connectivity index (χ0n) is 47.8. The summed E-state index contributed by atoms with van der Waals surface area (Å²) in [6.07, 6.45) is 0. The first-order valence-electron chi connectivity index (χ1n) is 29.8. The van der Waals surface area contributed by atoms with Crippen LogP contribution >= 0.6 is 0 Å². The molecular formula is C80H54N8. The Kier molecular flexibility index (Phi) is 12.0.